The van der Waals surface area contributed by atoms with Crippen molar-refractivity contribution in [2.75, 3.05) is 11.9 Å². The molecular formula is C21H23N5O2. The molecular weight excluding hydrogens is 354 g/mol. The van der Waals surface area contributed by atoms with E-state index in [-0.39, 0.29) is 17.8 Å². The quantitative estimate of drug-likeness (QED) is 0.692. The Hall–Kier alpha value is -3.35. The van der Waals surface area contributed by atoms with Gasteiger partial charge in [-0.1, -0.05) is 42.5 Å². The van der Waals surface area contributed by atoms with Gasteiger partial charge < -0.3 is 10.6 Å². The van der Waals surface area contributed by atoms with Gasteiger partial charge in [0.25, 0.3) is 0 Å². The van der Waals surface area contributed by atoms with Gasteiger partial charge in [-0.2, -0.15) is 0 Å². The molecule has 28 heavy (non-hydrogen) atoms. The summed E-state index contributed by atoms with van der Waals surface area (Å²) in [7, 11) is 0. The topological polar surface area (TPSA) is 81.0 Å². The molecule has 4 rings (SSSR count). The highest BCUT2D eigenvalue weighted by Crippen LogP contribution is 2.36. The Morgan fingerprint density at radius 2 is 1.93 bits per heavy atom. The highest BCUT2D eigenvalue weighted by molar-refractivity contribution is 5.89. The molecule has 1 aromatic heterocycles. The van der Waals surface area contributed by atoms with E-state index in [9.17, 15) is 9.59 Å². The number of hydrogen-bond donors (Lipinski definition) is 2. The standard InChI is InChI=1S/C21H23N5O2/c1-15-6-5-9-17(14-15)23-20(27)22-12-13-25-21(28)26(18-10-11-18)19(24-25)16-7-3-2-4-8-16/h2-9,14,18H,10-13H2,1H3,(H2,22,23,27). The van der Waals surface area contributed by atoms with E-state index in [0.29, 0.717) is 18.9 Å². The summed E-state index contributed by atoms with van der Waals surface area (Å²) in [6.45, 7) is 2.60. The SMILES string of the molecule is Cc1cccc(NC(=O)NCCn2nc(-c3ccccc3)n(C3CC3)c2=O)c1. The molecule has 1 aliphatic rings. The van der Waals surface area contributed by atoms with E-state index < -0.39 is 0 Å². The summed E-state index contributed by atoms with van der Waals surface area (Å²) in [5, 5.41) is 10.1. The zero-order valence-electron chi connectivity index (χ0n) is 15.8. The zero-order chi connectivity index (χ0) is 19.5. The Morgan fingerprint density at radius 3 is 2.64 bits per heavy atom. The number of rotatable bonds is 6. The van der Waals surface area contributed by atoms with Gasteiger partial charge in [0.15, 0.2) is 5.82 Å². The molecule has 7 nitrogen and oxygen atoms in total. The van der Waals surface area contributed by atoms with Gasteiger partial charge in [-0.3, -0.25) is 4.57 Å². The summed E-state index contributed by atoms with van der Waals surface area (Å²) >= 11 is 0. The maximum absolute atomic E-state index is 12.8. The minimum Gasteiger partial charge on any atom is -0.336 e. The van der Waals surface area contributed by atoms with E-state index in [1.165, 1.54) is 4.68 Å². The summed E-state index contributed by atoms with van der Waals surface area (Å²) in [5.41, 5.74) is 2.61. The fraction of sp³-hybridized carbons (Fsp3) is 0.286. The van der Waals surface area contributed by atoms with Crippen LogP contribution in [0, 0.1) is 6.92 Å². The fourth-order valence-electron chi connectivity index (χ4n) is 3.19. The number of aromatic nitrogens is 3. The lowest BCUT2D eigenvalue weighted by Gasteiger charge is -2.07. The van der Waals surface area contributed by atoms with Crippen LogP contribution in [0.25, 0.3) is 11.4 Å². The smallest absolute Gasteiger partial charge is 0.336 e. The normalized spacial score (nSPS) is 13.3. The lowest BCUT2D eigenvalue weighted by molar-refractivity contribution is 0.251. The highest BCUT2D eigenvalue weighted by Gasteiger charge is 2.30. The number of urea groups is 1. The van der Waals surface area contributed by atoms with Gasteiger partial charge in [0.2, 0.25) is 0 Å². The van der Waals surface area contributed by atoms with Crippen LogP contribution in [0.15, 0.2) is 59.4 Å². The predicted molar refractivity (Wildman–Crippen MR) is 108 cm³/mol. The zero-order valence-corrected chi connectivity index (χ0v) is 15.8. The summed E-state index contributed by atoms with van der Waals surface area (Å²) in [4.78, 5) is 24.9. The maximum Gasteiger partial charge on any atom is 0.346 e. The molecule has 0 spiro atoms. The Labute approximate surface area is 163 Å². The molecule has 1 saturated carbocycles. The van der Waals surface area contributed by atoms with Crippen LogP contribution in [0.1, 0.15) is 24.4 Å². The van der Waals surface area contributed by atoms with E-state index in [0.717, 1.165) is 29.7 Å². The molecule has 0 bridgehead atoms. The minimum atomic E-state index is -0.302. The van der Waals surface area contributed by atoms with Crippen molar-refractivity contribution in [1.82, 2.24) is 19.7 Å². The Bertz CT molecular complexity index is 1030. The molecule has 0 radical (unpaired) electrons. The largest absolute Gasteiger partial charge is 0.346 e. The van der Waals surface area contributed by atoms with Crippen LogP contribution in [0.2, 0.25) is 0 Å². The molecule has 2 N–H and O–H groups in total. The lowest BCUT2D eigenvalue weighted by Crippen LogP contribution is -2.34. The summed E-state index contributed by atoms with van der Waals surface area (Å²) in [6.07, 6.45) is 2.01. The minimum absolute atomic E-state index is 0.123. The van der Waals surface area contributed by atoms with Crippen molar-refractivity contribution in [3.05, 3.63) is 70.6 Å². The molecule has 0 atom stereocenters. The number of carbonyl (C=O) groups is 1. The molecule has 1 aliphatic carbocycles. The molecule has 7 heteroatoms. The molecule has 0 unspecified atom stereocenters. The lowest BCUT2D eigenvalue weighted by atomic mass is 10.2. The first kappa shape index (κ1) is 18.0. The average molecular weight is 377 g/mol. The first-order valence-corrected chi connectivity index (χ1v) is 9.48. The van der Waals surface area contributed by atoms with Gasteiger partial charge in [-0.25, -0.2) is 14.3 Å². The van der Waals surface area contributed by atoms with Gasteiger partial charge in [0, 0.05) is 23.8 Å². The second kappa shape index (κ2) is 7.72. The van der Waals surface area contributed by atoms with Crippen LogP contribution >= 0.6 is 0 Å². The molecule has 0 aliphatic heterocycles. The van der Waals surface area contributed by atoms with E-state index in [1.807, 2.05) is 61.5 Å². The second-order valence-corrected chi connectivity index (χ2v) is 7.05. The third kappa shape index (κ3) is 3.98. The predicted octanol–water partition coefficient (Wildman–Crippen LogP) is 3.18. The van der Waals surface area contributed by atoms with E-state index >= 15 is 0 Å². The van der Waals surface area contributed by atoms with Crippen molar-refractivity contribution >= 4 is 11.7 Å². The average Bonchev–Trinajstić information content (AvgIpc) is 3.47. The molecule has 144 valence electrons. The maximum atomic E-state index is 12.8. The number of hydrogen-bond acceptors (Lipinski definition) is 3. The van der Waals surface area contributed by atoms with Crippen LogP contribution < -0.4 is 16.3 Å². The van der Waals surface area contributed by atoms with Gasteiger partial charge in [0.1, 0.15) is 0 Å². The van der Waals surface area contributed by atoms with Crippen LogP contribution in [0.3, 0.4) is 0 Å². The number of aryl methyl sites for hydroxylation is 1. The van der Waals surface area contributed by atoms with Gasteiger partial charge in [-0.05, 0) is 37.5 Å². The van der Waals surface area contributed by atoms with Crippen molar-refractivity contribution < 1.29 is 4.79 Å². The van der Waals surface area contributed by atoms with Gasteiger partial charge >= 0.3 is 11.7 Å². The Morgan fingerprint density at radius 1 is 1.14 bits per heavy atom. The fourth-order valence-corrected chi connectivity index (χ4v) is 3.19. The second-order valence-electron chi connectivity index (χ2n) is 7.05. The first-order valence-electron chi connectivity index (χ1n) is 9.48. The number of nitrogens with zero attached hydrogens (tertiary/aromatic N) is 3. The van der Waals surface area contributed by atoms with Gasteiger partial charge in [0.05, 0.1) is 6.54 Å². The van der Waals surface area contributed by atoms with Crippen LogP contribution in [0.4, 0.5) is 10.5 Å². The summed E-state index contributed by atoms with van der Waals surface area (Å²) in [6, 6.07) is 17.2. The number of benzene rings is 2. The van der Waals surface area contributed by atoms with E-state index in [4.69, 9.17) is 0 Å². The van der Waals surface area contributed by atoms with Crippen LogP contribution in [-0.2, 0) is 6.54 Å². The molecule has 0 saturated heterocycles. The molecule has 2 amide bonds. The highest BCUT2D eigenvalue weighted by atomic mass is 16.2. The van der Waals surface area contributed by atoms with Gasteiger partial charge in [-0.15, -0.1) is 5.10 Å². The number of amides is 2. The summed E-state index contributed by atoms with van der Waals surface area (Å²) < 4.78 is 3.22. The van der Waals surface area contributed by atoms with Crippen molar-refractivity contribution in [3.63, 3.8) is 0 Å². The molecule has 3 aromatic rings. The van der Waals surface area contributed by atoms with E-state index in [1.54, 1.807) is 4.57 Å². The Kier molecular flexibility index (Phi) is 4.97. The van der Waals surface area contributed by atoms with Crippen molar-refractivity contribution in [1.29, 1.82) is 0 Å². The number of nitrogens with one attached hydrogen (secondary N) is 2. The van der Waals surface area contributed by atoms with Crippen molar-refractivity contribution in [2.45, 2.75) is 32.4 Å². The van der Waals surface area contributed by atoms with Crippen molar-refractivity contribution in [2.24, 2.45) is 0 Å². The van der Waals surface area contributed by atoms with E-state index in [2.05, 4.69) is 15.7 Å². The molecule has 1 heterocycles. The summed E-state index contributed by atoms with van der Waals surface area (Å²) in [5.74, 6) is 0.692. The first-order chi connectivity index (χ1) is 13.6. The third-order valence-electron chi connectivity index (χ3n) is 4.70. The number of anilines is 1. The van der Waals surface area contributed by atoms with Crippen LogP contribution in [-0.4, -0.2) is 26.9 Å². The van der Waals surface area contributed by atoms with Crippen LogP contribution in [0.5, 0.6) is 0 Å². The Balaban J connectivity index is 1.42. The third-order valence-corrected chi connectivity index (χ3v) is 4.70. The molecule has 1 fully saturated rings. The monoisotopic (exact) mass is 377 g/mol. The number of carbonyl (C=O) groups excluding carboxylic acids is 1. The molecule has 2 aromatic carbocycles. The van der Waals surface area contributed by atoms with Crippen molar-refractivity contribution in [3.8, 4) is 11.4 Å².